The summed E-state index contributed by atoms with van der Waals surface area (Å²) >= 11 is 0. The molecule has 0 saturated heterocycles. The molecule has 0 bridgehead atoms. The van der Waals surface area contributed by atoms with E-state index in [-0.39, 0.29) is 10.7 Å². The number of Topliss-reactive ketones (excluding diaryl/α,β-unsaturated/α-hetero) is 1. The van der Waals surface area contributed by atoms with Gasteiger partial charge >= 0.3 is 0 Å². The van der Waals surface area contributed by atoms with E-state index in [1.807, 2.05) is 20.8 Å². The third-order valence-electron chi connectivity index (χ3n) is 4.30. The molecule has 0 saturated carbocycles. The molecule has 2 N–H and O–H groups in total. The molecule has 0 atom stereocenters. The van der Waals surface area contributed by atoms with Crippen LogP contribution in [0.4, 0.5) is 11.5 Å². The molecule has 2 heterocycles. The van der Waals surface area contributed by atoms with E-state index in [1.165, 1.54) is 6.08 Å². The van der Waals surface area contributed by atoms with Gasteiger partial charge in [-0.15, -0.1) is 0 Å². The first-order valence-corrected chi connectivity index (χ1v) is 11.0. The number of benzene rings is 1. The van der Waals surface area contributed by atoms with Gasteiger partial charge in [0.1, 0.15) is 22.3 Å². The van der Waals surface area contributed by atoms with Gasteiger partial charge in [-0.1, -0.05) is 32.9 Å². The summed E-state index contributed by atoms with van der Waals surface area (Å²) in [6.45, 7) is 5.55. The van der Waals surface area contributed by atoms with Crippen LogP contribution < -0.4 is 5.32 Å². The molecular weight excluding hydrogens is 402 g/mol. The second-order valence-corrected chi connectivity index (χ2v) is 9.86. The van der Waals surface area contributed by atoms with Crippen LogP contribution in [-0.4, -0.2) is 35.4 Å². The van der Waals surface area contributed by atoms with Gasteiger partial charge in [0, 0.05) is 23.6 Å². The Hall–Kier alpha value is -3.51. The van der Waals surface area contributed by atoms with Crippen molar-refractivity contribution in [2.75, 3.05) is 11.6 Å². The fourth-order valence-corrected chi connectivity index (χ4v) is 3.23. The molecule has 0 aliphatic heterocycles. The number of hydrogen-bond acceptors (Lipinski definition) is 7. The zero-order valence-corrected chi connectivity index (χ0v) is 17.8. The second-order valence-electron chi connectivity index (χ2n) is 7.87. The quantitative estimate of drug-likeness (QED) is 0.471. The molecular formula is C21H21N5O3S. The number of aromatic nitrogens is 3. The molecule has 0 spiro atoms. The topological polar surface area (TPSA) is 129 Å². The van der Waals surface area contributed by atoms with Gasteiger partial charge in [-0.3, -0.25) is 4.79 Å². The van der Waals surface area contributed by atoms with Crippen molar-refractivity contribution in [3.05, 3.63) is 52.7 Å². The standard InChI is InChI=1S/C21H21N5O3S/c1-21(2,3)19(27)16-11-23-20-18(16)26-17(12-24-20)25-14-7-5-13(6-8-14)9-15(10-22)30(4,28)29/h5-9,11-12H,1-4H3,(H,23,24)(H,25,26)/b15-9+. The Morgan fingerprint density at radius 1 is 1.23 bits per heavy atom. The smallest absolute Gasteiger partial charge is 0.185 e. The first-order valence-electron chi connectivity index (χ1n) is 9.07. The van der Waals surface area contributed by atoms with E-state index in [4.69, 9.17) is 5.26 Å². The number of allylic oxidation sites excluding steroid dienone is 1. The van der Waals surface area contributed by atoms with Crippen LogP contribution in [0, 0.1) is 16.7 Å². The number of sulfone groups is 1. The van der Waals surface area contributed by atoms with Crippen molar-refractivity contribution in [3.63, 3.8) is 0 Å². The molecule has 0 aliphatic carbocycles. The fourth-order valence-electron chi connectivity index (χ4n) is 2.71. The number of nitriles is 1. The predicted molar refractivity (Wildman–Crippen MR) is 116 cm³/mol. The molecule has 0 unspecified atom stereocenters. The number of fused-ring (bicyclic) bond motifs is 1. The van der Waals surface area contributed by atoms with Gasteiger partial charge in [-0.2, -0.15) is 5.26 Å². The van der Waals surface area contributed by atoms with Gasteiger partial charge in [0.05, 0.1) is 11.8 Å². The van der Waals surface area contributed by atoms with Gasteiger partial charge in [-0.25, -0.2) is 18.4 Å². The lowest BCUT2D eigenvalue weighted by Crippen LogP contribution is -2.20. The number of rotatable bonds is 5. The highest BCUT2D eigenvalue weighted by atomic mass is 32.2. The van der Waals surface area contributed by atoms with Crippen molar-refractivity contribution in [2.24, 2.45) is 5.41 Å². The van der Waals surface area contributed by atoms with Crippen molar-refractivity contribution < 1.29 is 13.2 Å². The van der Waals surface area contributed by atoms with Crippen LogP contribution in [0.25, 0.3) is 17.2 Å². The highest BCUT2D eigenvalue weighted by Crippen LogP contribution is 2.26. The maximum Gasteiger partial charge on any atom is 0.185 e. The monoisotopic (exact) mass is 423 g/mol. The maximum atomic E-state index is 12.7. The molecule has 2 aromatic heterocycles. The molecule has 0 amide bonds. The summed E-state index contributed by atoms with van der Waals surface area (Å²) in [5.74, 6) is 0.428. The van der Waals surface area contributed by atoms with E-state index in [0.29, 0.717) is 33.8 Å². The van der Waals surface area contributed by atoms with E-state index in [2.05, 4.69) is 20.3 Å². The number of carbonyl (C=O) groups excluding carboxylic acids is 1. The summed E-state index contributed by atoms with van der Waals surface area (Å²) in [5.41, 5.74) is 2.23. The molecule has 9 heteroatoms. The molecule has 0 radical (unpaired) electrons. The Kier molecular flexibility index (Phi) is 5.46. The summed E-state index contributed by atoms with van der Waals surface area (Å²) in [4.78, 5) is 24.2. The number of anilines is 2. The van der Waals surface area contributed by atoms with Gasteiger partial charge in [0.15, 0.2) is 21.3 Å². The maximum absolute atomic E-state index is 12.7. The van der Waals surface area contributed by atoms with Crippen LogP contribution in [0.15, 0.2) is 41.6 Å². The zero-order valence-electron chi connectivity index (χ0n) is 17.0. The number of H-pyrrole nitrogens is 1. The van der Waals surface area contributed by atoms with E-state index in [1.54, 1.807) is 42.7 Å². The summed E-state index contributed by atoms with van der Waals surface area (Å²) in [5, 5.41) is 12.1. The number of ketones is 1. The van der Waals surface area contributed by atoms with Crippen molar-refractivity contribution in [2.45, 2.75) is 20.8 Å². The minimum atomic E-state index is -3.57. The van der Waals surface area contributed by atoms with Gasteiger partial charge in [0.2, 0.25) is 0 Å². The molecule has 3 rings (SSSR count). The zero-order chi connectivity index (χ0) is 22.1. The van der Waals surface area contributed by atoms with E-state index in [0.717, 1.165) is 6.26 Å². The molecule has 154 valence electrons. The molecule has 1 aromatic carbocycles. The molecule has 0 fully saturated rings. The Balaban J connectivity index is 1.87. The lowest BCUT2D eigenvalue weighted by atomic mass is 9.87. The number of aromatic amines is 1. The van der Waals surface area contributed by atoms with Crippen molar-refractivity contribution in [1.82, 2.24) is 15.0 Å². The highest BCUT2D eigenvalue weighted by molar-refractivity contribution is 7.95. The van der Waals surface area contributed by atoms with Gasteiger partial charge in [0.25, 0.3) is 0 Å². The summed E-state index contributed by atoms with van der Waals surface area (Å²) in [6, 6.07) is 8.52. The fraction of sp³-hybridized carbons (Fsp3) is 0.238. The molecule has 3 aromatic rings. The third-order valence-corrected chi connectivity index (χ3v) is 5.31. The Morgan fingerprint density at radius 3 is 2.47 bits per heavy atom. The Bertz CT molecular complexity index is 1290. The number of hydrogen-bond donors (Lipinski definition) is 2. The van der Waals surface area contributed by atoms with Crippen LogP contribution in [0.3, 0.4) is 0 Å². The lowest BCUT2D eigenvalue weighted by Gasteiger charge is -2.15. The van der Waals surface area contributed by atoms with E-state index in [9.17, 15) is 13.2 Å². The molecule has 8 nitrogen and oxygen atoms in total. The van der Waals surface area contributed by atoms with E-state index >= 15 is 0 Å². The number of carbonyl (C=O) groups is 1. The third kappa shape index (κ3) is 4.55. The van der Waals surface area contributed by atoms with Crippen LogP contribution in [0.2, 0.25) is 0 Å². The van der Waals surface area contributed by atoms with Gasteiger partial charge in [-0.05, 0) is 23.8 Å². The number of nitrogens with one attached hydrogen (secondary N) is 2. The minimum absolute atomic E-state index is 0.0319. The molecule has 30 heavy (non-hydrogen) atoms. The van der Waals surface area contributed by atoms with Crippen molar-refractivity contribution >= 4 is 44.4 Å². The van der Waals surface area contributed by atoms with Gasteiger partial charge < -0.3 is 10.3 Å². The second kappa shape index (κ2) is 7.72. The van der Waals surface area contributed by atoms with Crippen molar-refractivity contribution in [1.29, 1.82) is 5.26 Å². The Morgan fingerprint density at radius 2 is 1.90 bits per heavy atom. The lowest BCUT2D eigenvalue weighted by molar-refractivity contribution is 0.0860. The first kappa shape index (κ1) is 21.2. The molecule has 0 aliphatic rings. The van der Waals surface area contributed by atoms with Crippen LogP contribution >= 0.6 is 0 Å². The average molecular weight is 423 g/mol. The normalized spacial score (nSPS) is 12.6. The highest BCUT2D eigenvalue weighted by Gasteiger charge is 2.26. The van der Waals surface area contributed by atoms with Crippen LogP contribution in [-0.2, 0) is 9.84 Å². The average Bonchev–Trinajstić information content (AvgIpc) is 3.08. The van der Waals surface area contributed by atoms with Crippen LogP contribution in [0.5, 0.6) is 0 Å². The Labute approximate surface area is 174 Å². The van der Waals surface area contributed by atoms with Crippen LogP contribution in [0.1, 0.15) is 36.7 Å². The largest absolute Gasteiger partial charge is 0.344 e. The summed E-state index contributed by atoms with van der Waals surface area (Å²) < 4.78 is 23.1. The summed E-state index contributed by atoms with van der Waals surface area (Å²) in [7, 11) is -3.57. The van der Waals surface area contributed by atoms with Crippen molar-refractivity contribution in [3.8, 4) is 6.07 Å². The number of nitrogens with zero attached hydrogens (tertiary/aromatic N) is 3. The predicted octanol–water partition coefficient (Wildman–Crippen LogP) is 3.84. The first-order chi connectivity index (χ1) is 14.0. The van der Waals surface area contributed by atoms with E-state index < -0.39 is 15.3 Å². The SMILES string of the molecule is CC(C)(C)C(=O)c1c[nH]c2ncc(Nc3ccc(/C=C(\C#N)S(C)(=O)=O)cc3)nc12. The summed E-state index contributed by atoms with van der Waals surface area (Å²) in [6.07, 6.45) is 5.48. The minimum Gasteiger partial charge on any atom is -0.344 e.